The van der Waals surface area contributed by atoms with Crippen molar-refractivity contribution in [3.8, 4) is 39.5 Å². The molecule has 3 aromatic heterocycles. The Labute approximate surface area is 270 Å². The molecule has 0 radical (unpaired) electrons. The molecular weight excluding hydrogens is 603 g/mol. The van der Waals surface area contributed by atoms with E-state index >= 15 is 0 Å². The summed E-state index contributed by atoms with van der Waals surface area (Å²) in [7, 11) is 3.87. The Hall–Kier alpha value is -4.87. The number of aromatic amines is 1. The molecule has 9 nitrogen and oxygen atoms in total. The highest BCUT2D eigenvalue weighted by Gasteiger charge is 2.25. The molecule has 1 aliphatic heterocycles. The van der Waals surface area contributed by atoms with Crippen molar-refractivity contribution in [3.63, 3.8) is 0 Å². The van der Waals surface area contributed by atoms with Crippen LogP contribution in [0.2, 0.25) is 0 Å². The van der Waals surface area contributed by atoms with Crippen LogP contribution in [0.3, 0.4) is 0 Å². The Morgan fingerprint density at radius 3 is 2.76 bits per heavy atom. The highest BCUT2D eigenvalue weighted by molar-refractivity contribution is 7.18. The summed E-state index contributed by atoms with van der Waals surface area (Å²) in [4.78, 5) is 32.0. The number of thiophene rings is 1. The second-order valence-electron chi connectivity index (χ2n) is 11.7. The monoisotopic (exact) mass is 638 g/mol. The average molecular weight is 639 g/mol. The number of nitrogens with zero attached hydrogens (tertiary/aromatic N) is 3. The molecule has 0 saturated heterocycles. The molecule has 5 aromatic rings. The van der Waals surface area contributed by atoms with Crippen molar-refractivity contribution in [1.29, 1.82) is 0 Å². The van der Waals surface area contributed by atoms with Gasteiger partial charge >= 0.3 is 0 Å². The van der Waals surface area contributed by atoms with Crippen LogP contribution in [0.4, 0.5) is 4.39 Å². The van der Waals surface area contributed by atoms with E-state index in [4.69, 9.17) is 9.72 Å². The topological polar surface area (TPSA) is 112 Å². The number of carbonyl (C=O) groups is 2. The third kappa shape index (κ3) is 6.56. The zero-order chi connectivity index (χ0) is 32.4. The Kier molecular flexibility index (Phi) is 8.96. The molecular formula is C35H35FN6O3S. The number of rotatable bonds is 10. The van der Waals surface area contributed by atoms with Gasteiger partial charge in [-0.2, -0.15) is 5.10 Å². The lowest BCUT2D eigenvalue weighted by Gasteiger charge is -2.19. The van der Waals surface area contributed by atoms with Gasteiger partial charge in [-0.15, -0.1) is 11.3 Å². The number of fused-ring (bicyclic) bond motifs is 2. The van der Waals surface area contributed by atoms with Crippen LogP contribution in [0.1, 0.15) is 35.5 Å². The SMILES string of the molecule is CC(C)Oc1cc(F)ccc1-c1c(-c2cc(CNC(=O)/C=C/CN(C)C)[nH]n2)nc(-c2ccc3c(c2)CCNC3=O)c2ccsc12. The summed E-state index contributed by atoms with van der Waals surface area (Å²) >= 11 is 1.56. The molecule has 0 aliphatic carbocycles. The molecule has 2 amide bonds. The maximum absolute atomic E-state index is 14.5. The smallest absolute Gasteiger partial charge is 0.251 e. The fraction of sp³-hybridized carbons (Fsp3) is 0.257. The number of likely N-dealkylation sites (N-methyl/N-ethyl adjacent to an activating group) is 1. The molecule has 3 N–H and O–H groups in total. The fourth-order valence-electron chi connectivity index (χ4n) is 5.49. The second-order valence-corrected chi connectivity index (χ2v) is 12.6. The van der Waals surface area contributed by atoms with Gasteiger partial charge < -0.3 is 20.3 Å². The molecule has 0 fully saturated rings. The van der Waals surface area contributed by atoms with Gasteiger partial charge in [-0.05, 0) is 81.7 Å². The molecule has 46 heavy (non-hydrogen) atoms. The summed E-state index contributed by atoms with van der Waals surface area (Å²) in [6, 6.07) is 14.2. The molecule has 11 heteroatoms. The minimum Gasteiger partial charge on any atom is -0.490 e. The summed E-state index contributed by atoms with van der Waals surface area (Å²) in [6.07, 6.45) is 3.86. The molecule has 2 aromatic carbocycles. The lowest BCUT2D eigenvalue weighted by molar-refractivity contribution is -0.116. The van der Waals surface area contributed by atoms with Crippen molar-refractivity contribution in [2.24, 2.45) is 0 Å². The number of hydrogen-bond donors (Lipinski definition) is 3. The van der Waals surface area contributed by atoms with E-state index in [1.807, 2.05) is 68.6 Å². The third-order valence-corrected chi connectivity index (χ3v) is 8.48. The van der Waals surface area contributed by atoms with E-state index in [9.17, 15) is 14.0 Å². The van der Waals surface area contributed by atoms with Gasteiger partial charge in [-0.1, -0.05) is 12.1 Å². The van der Waals surface area contributed by atoms with Gasteiger partial charge in [-0.25, -0.2) is 9.37 Å². The van der Waals surface area contributed by atoms with Gasteiger partial charge in [0.2, 0.25) is 5.91 Å². The van der Waals surface area contributed by atoms with Crippen LogP contribution in [0.5, 0.6) is 5.75 Å². The van der Waals surface area contributed by atoms with E-state index in [1.165, 1.54) is 18.2 Å². The number of hydrogen-bond acceptors (Lipinski definition) is 7. The molecule has 0 unspecified atom stereocenters. The summed E-state index contributed by atoms with van der Waals surface area (Å²) < 4.78 is 21.6. The van der Waals surface area contributed by atoms with Gasteiger partial charge in [0.1, 0.15) is 23.0 Å². The number of aromatic nitrogens is 3. The number of nitrogens with one attached hydrogen (secondary N) is 3. The van der Waals surface area contributed by atoms with Crippen LogP contribution in [0, 0.1) is 5.82 Å². The predicted molar refractivity (Wildman–Crippen MR) is 179 cm³/mol. The van der Waals surface area contributed by atoms with E-state index in [2.05, 4.69) is 20.8 Å². The zero-order valence-corrected chi connectivity index (χ0v) is 26.9. The van der Waals surface area contributed by atoms with Crippen LogP contribution in [0.15, 0.2) is 66.1 Å². The molecule has 236 valence electrons. The largest absolute Gasteiger partial charge is 0.490 e. The van der Waals surface area contributed by atoms with Crippen LogP contribution < -0.4 is 15.4 Å². The molecule has 6 rings (SSSR count). The van der Waals surface area contributed by atoms with Crippen molar-refractivity contribution in [3.05, 3.63) is 88.7 Å². The van der Waals surface area contributed by atoms with Gasteiger partial charge in [0.25, 0.3) is 5.91 Å². The Balaban J connectivity index is 1.48. The number of amides is 2. The van der Waals surface area contributed by atoms with Crippen molar-refractivity contribution in [2.75, 3.05) is 27.2 Å². The Bertz CT molecular complexity index is 1960. The normalized spacial score (nSPS) is 13.1. The van der Waals surface area contributed by atoms with Crippen LogP contribution in [-0.4, -0.2) is 65.2 Å². The minimum absolute atomic E-state index is 0.0733. The highest BCUT2D eigenvalue weighted by Crippen LogP contribution is 2.46. The van der Waals surface area contributed by atoms with E-state index in [1.54, 1.807) is 23.5 Å². The van der Waals surface area contributed by atoms with Crippen LogP contribution in [0.25, 0.3) is 43.9 Å². The van der Waals surface area contributed by atoms with Crippen LogP contribution in [-0.2, 0) is 17.8 Å². The Morgan fingerprint density at radius 1 is 1.13 bits per heavy atom. The lowest BCUT2D eigenvalue weighted by Crippen LogP contribution is -2.31. The summed E-state index contributed by atoms with van der Waals surface area (Å²) in [5.74, 6) is -0.269. The van der Waals surface area contributed by atoms with Crippen molar-refractivity contribution in [2.45, 2.75) is 32.9 Å². The first-order valence-electron chi connectivity index (χ1n) is 15.1. The summed E-state index contributed by atoms with van der Waals surface area (Å²) in [5.41, 5.74) is 6.60. The van der Waals surface area contributed by atoms with E-state index < -0.39 is 5.82 Å². The molecule has 0 saturated carbocycles. The standard InChI is InChI=1S/C35H35FN6O3S/c1-20(2)45-29-17-23(36)8-10-26(29)31-33(28-18-24(40-41-28)19-38-30(43)6-5-14-42(3)4)39-32(27-12-15-46-34(27)31)22-7-9-25-21(16-22)11-13-37-35(25)44/h5-10,12,15-18,20H,11,13-14,19H2,1-4H3,(H,37,44)(H,38,43)(H,40,41)/b6-5+. The number of ether oxygens (including phenoxy) is 1. The van der Waals surface area contributed by atoms with E-state index in [-0.39, 0.29) is 24.5 Å². The first kappa shape index (κ1) is 31.1. The van der Waals surface area contributed by atoms with Crippen molar-refractivity contribution >= 4 is 33.2 Å². The van der Waals surface area contributed by atoms with Gasteiger partial charge in [0.05, 0.1) is 24.0 Å². The molecule has 1 aliphatic rings. The quantitative estimate of drug-likeness (QED) is 0.163. The summed E-state index contributed by atoms with van der Waals surface area (Å²) in [5, 5.41) is 16.4. The van der Waals surface area contributed by atoms with E-state index in [0.29, 0.717) is 47.0 Å². The average Bonchev–Trinajstić information content (AvgIpc) is 3.70. The minimum atomic E-state index is -0.400. The van der Waals surface area contributed by atoms with Crippen molar-refractivity contribution < 1.29 is 18.7 Å². The number of pyridine rings is 1. The van der Waals surface area contributed by atoms with Gasteiger partial charge in [0, 0.05) is 57.6 Å². The maximum atomic E-state index is 14.5. The molecule has 0 spiro atoms. The first-order valence-corrected chi connectivity index (χ1v) is 16.0. The molecule has 0 bridgehead atoms. The van der Waals surface area contributed by atoms with Gasteiger partial charge in [-0.3, -0.25) is 14.7 Å². The van der Waals surface area contributed by atoms with E-state index in [0.717, 1.165) is 38.9 Å². The number of halogens is 1. The first-order chi connectivity index (χ1) is 22.2. The molecule has 4 heterocycles. The highest BCUT2D eigenvalue weighted by atomic mass is 32.1. The second kappa shape index (κ2) is 13.2. The fourth-order valence-corrected chi connectivity index (χ4v) is 6.45. The van der Waals surface area contributed by atoms with Crippen molar-refractivity contribution in [1.82, 2.24) is 30.7 Å². The van der Waals surface area contributed by atoms with Crippen LogP contribution >= 0.6 is 11.3 Å². The maximum Gasteiger partial charge on any atom is 0.251 e. The zero-order valence-electron chi connectivity index (χ0n) is 26.1. The number of carbonyl (C=O) groups excluding carboxylic acids is 2. The lowest BCUT2D eigenvalue weighted by atomic mass is 9.94. The summed E-state index contributed by atoms with van der Waals surface area (Å²) in [6.45, 7) is 5.29. The third-order valence-electron chi connectivity index (χ3n) is 7.55. The molecule has 0 atom stereocenters. The Morgan fingerprint density at radius 2 is 1.96 bits per heavy atom. The number of benzene rings is 2. The van der Waals surface area contributed by atoms with Gasteiger partial charge in [0.15, 0.2) is 0 Å². The predicted octanol–water partition coefficient (Wildman–Crippen LogP) is 5.97. The number of H-pyrrole nitrogens is 1.